The van der Waals surface area contributed by atoms with Gasteiger partial charge >= 0.3 is 0 Å². The topological polar surface area (TPSA) is 85.2 Å². The fourth-order valence-electron chi connectivity index (χ4n) is 2.93. The van der Waals surface area contributed by atoms with Crippen LogP contribution in [-0.2, 0) is 11.3 Å². The number of aromatic nitrogens is 1. The third-order valence-electron chi connectivity index (χ3n) is 4.23. The largest absolute Gasteiger partial charge is 0.398 e. The second-order valence-electron chi connectivity index (χ2n) is 5.74. The van der Waals surface area contributed by atoms with Gasteiger partial charge in [0.05, 0.1) is 12.2 Å². The summed E-state index contributed by atoms with van der Waals surface area (Å²) in [7, 11) is 0. The molecule has 0 saturated heterocycles. The van der Waals surface area contributed by atoms with Gasteiger partial charge in [-0.2, -0.15) is 0 Å². The summed E-state index contributed by atoms with van der Waals surface area (Å²) < 4.78 is 0. The Balaban J connectivity index is 2.18. The maximum absolute atomic E-state index is 11.3. The number of carbonyl (C=O) groups is 1. The zero-order chi connectivity index (χ0) is 14.7. The van der Waals surface area contributed by atoms with Crippen molar-refractivity contribution in [3.63, 3.8) is 0 Å². The number of pyridine rings is 1. The first kappa shape index (κ1) is 14.8. The molecule has 0 unspecified atom stereocenters. The Labute approximate surface area is 120 Å². The van der Waals surface area contributed by atoms with E-state index in [2.05, 4.69) is 9.88 Å². The number of nitrogens with zero attached hydrogens (tertiary/aromatic N) is 2. The lowest BCUT2D eigenvalue weighted by Crippen LogP contribution is -2.40. The van der Waals surface area contributed by atoms with Crippen molar-refractivity contribution in [1.82, 2.24) is 9.88 Å². The minimum Gasteiger partial charge on any atom is -0.398 e. The molecule has 0 atom stereocenters. The van der Waals surface area contributed by atoms with E-state index in [9.17, 15) is 4.79 Å². The Morgan fingerprint density at radius 2 is 2.05 bits per heavy atom. The van der Waals surface area contributed by atoms with Crippen molar-refractivity contribution in [2.75, 3.05) is 12.3 Å². The number of anilines is 1. The molecule has 1 aliphatic carbocycles. The molecule has 1 aromatic heterocycles. The number of rotatable bonds is 5. The van der Waals surface area contributed by atoms with E-state index < -0.39 is 0 Å². The fraction of sp³-hybridized carbons (Fsp3) is 0.600. The van der Waals surface area contributed by atoms with E-state index in [0.717, 1.165) is 35.3 Å². The third-order valence-corrected chi connectivity index (χ3v) is 4.23. The average Bonchev–Trinajstić information content (AvgIpc) is 2.92. The van der Waals surface area contributed by atoms with Crippen LogP contribution < -0.4 is 11.5 Å². The van der Waals surface area contributed by atoms with Gasteiger partial charge < -0.3 is 11.5 Å². The number of nitrogen functional groups attached to an aromatic ring is 1. The maximum atomic E-state index is 11.3. The number of amides is 1. The fourth-order valence-corrected chi connectivity index (χ4v) is 2.93. The minimum absolute atomic E-state index is 0.283. The van der Waals surface area contributed by atoms with Gasteiger partial charge in [-0.1, -0.05) is 12.8 Å². The smallest absolute Gasteiger partial charge is 0.231 e. The SMILES string of the molecule is Cc1cnc(CN(CC(N)=O)C2CCCC2)c(C)c1N. The van der Waals surface area contributed by atoms with E-state index in [1.54, 1.807) is 6.20 Å². The van der Waals surface area contributed by atoms with E-state index in [0.29, 0.717) is 19.1 Å². The van der Waals surface area contributed by atoms with E-state index in [1.165, 1.54) is 12.8 Å². The van der Waals surface area contributed by atoms with Crippen LogP contribution in [0.5, 0.6) is 0 Å². The van der Waals surface area contributed by atoms with E-state index >= 15 is 0 Å². The van der Waals surface area contributed by atoms with Gasteiger partial charge in [-0.25, -0.2) is 0 Å². The number of hydrogen-bond donors (Lipinski definition) is 2. The molecule has 0 aromatic carbocycles. The Morgan fingerprint density at radius 1 is 1.40 bits per heavy atom. The highest BCUT2D eigenvalue weighted by Gasteiger charge is 2.24. The van der Waals surface area contributed by atoms with Crippen molar-refractivity contribution >= 4 is 11.6 Å². The van der Waals surface area contributed by atoms with Gasteiger partial charge in [0, 0.05) is 24.5 Å². The second kappa shape index (κ2) is 6.22. The van der Waals surface area contributed by atoms with E-state index in [-0.39, 0.29) is 5.91 Å². The molecule has 5 nitrogen and oxygen atoms in total. The molecule has 5 heteroatoms. The molecule has 1 fully saturated rings. The van der Waals surface area contributed by atoms with Crippen molar-refractivity contribution in [2.24, 2.45) is 5.73 Å². The summed E-state index contributed by atoms with van der Waals surface area (Å²) in [6.45, 7) is 4.88. The van der Waals surface area contributed by atoms with Crippen LogP contribution in [0, 0.1) is 13.8 Å². The predicted octanol–water partition coefficient (Wildman–Crippen LogP) is 1.51. The predicted molar refractivity (Wildman–Crippen MR) is 80.0 cm³/mol. The van der Waals surface area contributed by atoms with Gasteiger partial charge in [-0.15, -0.1) is 0 Å². The van der Waals surface area contributed by atoms with Crippen LogP contribution in [0.3, 0.4) is 0 Å². The summed E-state index contributed by atoms with van der Waals surface area (Å²) in [5.41, 5.74) is 15.2. The molecule has 1 aromatic rings. The standard InChI is InChI=1S/C15H24N4O/c1-10-7-18-13(11(2)15(10)17)8-19(9-14(16)20)12-5-3-4-6-12/h7,12H,3-6,8-9H2,1-2H3,(H2,16,20)(H2,17,18). The highest BCUT2D eigenvalue weighted by atomic mass is 16.1. The lowest BCUT2D eigenvalue weighted by molar-refractivity contribution is -0.119. The van der Waals surface area contributed by atoms with Gasteiger partial charge in [0.1, 0.15) is 0 Å². The zero-order valence-electron chi connectivity index (χ0n) is 12.4. The number of hydrogen-bond acceptors (Lipinski definition) is 4. The van der Waals surface area contributed by atoms with Gasteiger partial charge in [-0.05, 0) is 37.8 Å². The molecule has 20 heavy (non-hydrogen) atoms. The van der Waals surface area contributed by atoms with Crippen molar-refractivity contribution in [1.29, 1.82) is 0 Å². The van der Waals surface area contributed by atoms with Crippen LogP contribution in [0.15, 0.2) is 6.20 Å². The lowest BCUT2D eigenvalue weighted by atomic mass is 10.1. The summed E-state index contributed by atoms with van der Waals surface area (Å²) in [4.78, 5) is 17.9. The van der Waals surface area contributed by atoms with Crippen molar-refractivity contribution < 1.29 is 4.79 Å². The van der Waals surface area contributed by atoms with E-state index in [4.69, 9.17) is 11.5 Å². The highest BCUT2D eigenvalue weighted by Crippen LogP contribution is 2.26. The summed E-state index contributed by atoms with van der Waals surface area (Å²) in [5, 5.41) is 0. The normalized spacial score (nSPS) is 15.9. The van der Waals surface area contributed by atoms with E-state index in [1.807, 2.05) is 13.8 Å². The number of aryl methyl sites for hydroxylation is 1. The Bertz CT molecular complexity index is 495. The van der Waals surface area contributed by atoms with Gasteiger partial charge in [0.15, 0.2) is 0 Å². The lowest BCUT2D eigenvalue weighted by Gasteiger charge is -2.28. The minimum atomic E-state index is -0.283. The molecule has 1 aliphatic rings. The first-order valence-corrected chi connectivity index (χ1v) is 7.22. The molecule has 0 spiro atoms. The van der Waals surface area contributed by atoms with Crippen LogP contribution in [0.25, 0.3) is 0 Å². The molecule has 0 aliphatic heterocycles. The highest BCUT2D eigenvalue weighted by molar-refractivity contribution is 5.76. The summed E-state index contributed by atoms with van der Waals surface area (Å²) in [6.07, 6.45) is 6.51. The Kier molecular flexibility index (Phi) is 4.60. The second-order valence-corrected chi connectivity index (χ2v) is 5.74. The molecule has 0 bridgehead atoms. The van der Waals surface area contributed by atoms with Crippen LogP contribution >= 0.6 is 0 Å². The maximum Gasteiger partial charge on any atom is 0.231 e. The molecule has 2 rings (SSSR count). The van der Waals surface area contributed by atoms with Gasteiger partial charge in [-0.3, -0.25) is 14.7 Å². The average molecular weight is 276 g/mol. The molecule has 1 saturated carbocycles. The molecule has 0 radical (unpaired) electrons. The monoisotopic (exact) mass is 276 g/mol. The molecular formula is C15H24N4O. The third kappa shape index (κ3) is 3.28. The van der Waals surface area contributed by atoms with Gasteiger partial charge in [0.25, 0.3) is 0 Å². The van der Waals surface area contributed by atoms with Crippen molar-refractivity contribution in [3.8, 4) is 0 Å². The molecular weight excluding hydrogens is 252 g/mol. The van der Waals surface area contributed by atoms with Crippen molar-refractivity contribution in [2.45, 2.75) is 52.1 Å². The first-order chi connectivity index (χ1) is 9.49. The van der Waals surface area contributed by atoms with Crippen LogP contribution in [0.2, 0.25) is 0 Å². The number of nitrogens with two attached hydrogens (primary N) is 2. The zero-order valence-corrected chi connectivity index (χ0v) is 12.4. The Morgan fingerprint density at radius 3 is 2.65 bits per heavy atom. The molecule has 1 heterocycles. The molecule has 1 amide bonds. The van der Waals surface area contributed by atoms with Gasteiger partial charge in [0.2, 0.25) is 5.91 Å². The van der Waals surface area contributed by atoms with Crippen molar-refractivity contribution in [3.05, 3.63) is 23.0 Å². The molecule has 4 N–H and O–H groups in total. The van der Waals surface area contributed by atoms with Crippen LogP contribution in [0.1, 0.15) is 42.5 Å². The first-order valence-electron chi connectivity index (χ1n) is 7.22. The number of primary amides is 1. The van der Waals surface area contributed by atoms with Crippen LogP contribution in [0.4, 0.5) is 5.69 Å². The summed E-state index contributed by atoms with van der Waals surface area (Å²) in [6, 6.07) is 0.436. The summed E-state index contributed by atoms with van der Waals surface area (Å²) >= 11 is 0. The Hall–Kier alpha value is -1.62. The molecule has 110 valence electrons. The van der Waals surface area contributed by atoms with Crippen LogP contribution in [-0.4, -0.2) is 28.4 Å². The quantitative estimate of drug-likeness (QED) is 0.853. The number of carbonyl (C=O) groups excluding carboxylic acids is 1. The summed E-state index contributed by atoms with van der Waals surface area (Å²) in [5.74, 6) is -0.283.